The van der Waals surface area contributed by atoms with Crippen LogP contribution in [0.3, 0.4) is 0 Å². The molecule has 1 aliphatic rings. The quantitative estimate of drug-likeness (QED) is 0.358. The molecule has 1 atom stereocenters. The molecular weight excluding hydrogens is 398 g/mol. The summed E-state index contributed by atoms with van der Waals surface area (Å²) in [6.07, 6.45) is -4.95. The van der Waals surface area contributed by atoms with E-state index in [1.807, 2.05) is 0 Å². The number of alkyl halides is 5. The van der Waals surface area contributed by atoms with Crippen molar-refractivity contribution in [3.8, 4) is 11.8 Å². The summed E-state index contributed by atoms with van der Waals surface area (Å²) >= 11 is 0. The van der Waals surface area contributed by atoms with E-state index in [0.29, 0.717) is 24.8 Å². The Balaban J connectivity index is 1.79. The van der Waals surface area contributed by atoms with Gasteiger partial charge in [0.15, 0.2) is 0 Å². The van der Waals surface area contributed by atoms with E-state index in [1.165, 1.54) is 0 Å². The van der Waals surface area contributed by atoms with Crippen molar-refractivity contribution in [2.45, 2.75) is 68.9 Å². The van der Waals surface area contributed by atoms with E-state index in [2.05, 4.69) is 11.8 Å². The molecule has 2 rings (SSSR count). The number of aliphatic hydroxyl groups is 1. The van der Waals surface area contributed by atoms with Crippen LogP contribution in [-0.2, 0) is 6.18 Å². The first-order chi connectivity index (χ1) is 13.1. The predicted octanol–water partition coefficient (Wildman–Crippen LogP) is 5.63. The Bertz CT molecular complexity index is 686. The first-order valence-electron chi connectivity index (χ1n) is 9.49. The number of halogens is 6. The highest BCUT2D eigenvalue weighted by Gasteiger charge is 2.33. The van der Waals surface area contributed by atoms with Gasteiger partial charge in [0.05, 0.1) is 5.56 Å². The maximum absolute atomic E-state index is 13.5. The molecule has 0 aliphatic carbocycles. The van der Waals surface area contributed by atoms with Gasteiger partial charge in [-0.25, -0.2) is 13.2 Å². The van der Waals surface area contributed by atoms with Crippen LogP contribution in [0.4, 0.5) is 26.3 Å². The molecule has 1 aliphatic heterocycles. The molecule has 1 aromatic rings. The number of aliphatic hydroxyl groups excluding tert-OH is 1. The highest BCUT2D eigenvalue weighted by molar-refractivity contribution is 6.58. The third-order valence-electron chi connectivity index (χ3n) is 5.22. The standard InChI is InChI=1S/C20H24F6OSi/c21-18-13-14(4-6-17(18)20(24,25)26)3-5-16(27)12-15-7-10-28(11-8-15)9-1-2-19(22)23/h4,6,13,15-16,19,27-28H,1-2,7-12H2. The van der Waals surface area contributed by atoms with Gasteiger partial charge in [-0.2, -0.15) is 13.2 Å². The lowest BCUT2D eigenvalue weighted by atomic mass is 9.95. The van der Waals surface area contributed by atoms with Crippen molar-refractivity contribution < 1.29 is 31.4 Å². The highest BCUT2D eigenvalue weighted by Crippen LogP contribution is 2.32. The molecule has 1 nitrogen and oxygen atoms in total. The average molecular weight is 422 g/mol. The molecule has 0 bridgehead atoms. The Hall–Kier alpha value is -1.46. The van der Waals surface area contributed by atoms with Crippen LogP contribution in [0.25, 0.3) is 0 Å². The van der Waals surface area contributed by atoms with Crippen molar-refractivity contribution >= 4 is 8.80 Å². The van der Waals surface area contributed by atoms with Crippen LogP contribution in [0.5, 0.6) is 0 Å². The molecule has 0 saturated carbocycles. The number of hydrogen-bond acceptors (Lipinski definition) is 1. The van der Waals surface area contributed by atoms with Gasteiger partial charge in [0.1, 0.15) is 11.9 Å². The van der Waals surface area contributed by atoms with E-state index in [-0.39, 0.29) is 12.0 Å². The molecule has 0 aromatic heterocycles. The van der Waals surface area contributed by atoms with Crippen molar-refractivity contribution in [3.63, 3.8) is 0 Å². The summed E-state index contributed by atoms with van der Waals surface area (Å²) in [5.74, 6) is 4.03. The van der Waals surface area contributed by atoms with Gasteiger partial charge < -0.3 is 5.11 Å². The van der Waals surface area contributed by atoms with E-state index >= 15 is 0 Å². The van der Waals surface area contributed by atoms with E-state index < -0.39 is 38.9 Å². The Morgan fingerprint density at radius 1 is 1.18 bits per heavy atom. The first-order valence-corrected chi connectivity index (χ1v) is 11.9. The SMILES string of the molecule is OC(C#Cc1ccc(C(F)(F)F)c(F)c1)CC1CC[SiH](CCCC(F)F)CC1. The second-order valence-electron chi connectivity index (χ2n) is 7.42. The van der Waals surface area contributed by atoms with Crippen molar-refractivity contribution in [1.29, 1.82) is 0 Å². The average Bonchev–Trinajstić information content (AvgIpc) is 2.60. The number of benzene rings is 1. The van der Waals surface area contributed by atoms with Crippen LogP contribution in [-0.4, -0.2) is 26.4 Å². The Labute approximate surface area is 162 Å². The van der Waals surface area contributed by atoms with Gasteiger partial charge in [-0.15, -0.1) is 0 Å². The monoisotopic (exact) mass is 422 g/mol. The summed E-state index contributed by atoms with van der Waals surface area (Å²) in [6, 6.07) is 5.56. The molecule has 8 heteroatoms. The van der Waals surface area contributed by atoms with Crippen LogP contribution in [0.1, 0.15) is 43.2 Å². The molecule has 1 unspecified atom stereocenters. The smallest absolute Gasteiger partial charge is 0.380 e. The van der Waals surface area contributed by atoms with E-state index in [4.69, 9.17) is 0 Å². The summed E-state index contributed by atoms with van der Waals surface area (Å²) in [4.78, 5) is 0. The van der Waals surface area contributed by atoms with E-state index in [1.54, 1.807) is 0 Å². The maximum Gasteiger partial charge on any atom is 0.419 e. The molecule has 1 heterocycles. The van der Waals surface area contributed by atoms with E-state index in [0.717, 1.165) is 43.1 Å². The molecule has 0 amide bonds. The lowest BCUT2D eigenvalue weighted by molar-refractivity contribution is -0.140. The summed E-state index contributed by atoms with van der Waals surface area (Å²) in [5, 5.41) is 10.1. The first kappa shape index (κ1) is 22.8. The summed E-state index contributed by atoms with van der Waals surface area (Å²) in [7, 11) is -0.943. The second kappa shape index (κ2) is 10.4. The molecule has 0 spiro atoms. The molecule has 1 saturated heterocycles. The van der Waals surface area contributed by atoms with Gasteiger partial charge in [-0.1, -0.05) is 49.2 Å². The van der Waals surface area contributed by atoms with Gasteiger partial charge >= 0.3 is 6.18 Å². The van der Waals surface area contributed by atoms with Crippen molar-refractivity contribution in [3.05, 3.63) is 35.1 Å². The van der Waals surface area contributed by atoms with Crippen LogP contribution in [0, 0.1) is 23.6 Å². The van der Waals surface area contributed by atoms with Crippen molar-refractivity contribution in [2.24, 2.45) is 5.92 Å². The summed E-state index contributed by atoms with van der Waals surface area (Å²) in [6.45, 7) is 0. The Morgan fingerprint density at radius 3 is 2.43 bits per heavy atom. The molecule has 1 fully saturated rings. The van der Waals surface area contributed by atoms with Crippen LogP contribution in [0.15, 0.2) is 18.2 Å². The van der Waals surface area contributed by atoms with Gasteiger partial charge in [-0.3, -0.25) is 0 Å². The highest BCUT2D eigenvalue weighted by atomic mass is 28.3. The fourth-order valence-electron chi connectivity index (χ4n) is 3.68. The minimum absolute atomic E-state index is 0.0220. The van der Waals surface area contributed by atoms with Crippen LogP contribution >= 0.6 is 0 Å². The van der Waals surface area contributed by atoms with Gasteiger partial charge in [0.2, 0.25) is 6.43 Å². The third kappa shape index (κ3) is 7.51. The topological polar surface area (TPSA) is 20.2 Å². The number of rotatable bonds is 6. The fraction of sp³-hybridized carbons (Fsp3) is 0.600. The van der Waals surface area contributed by atoms with E-state index in [9.17, 15) is 31.4 Å². The zero-order valence-corrected chi connectivity index (χ0v) is 16.6. The fourth-order valence-corrected chi connectivity index (χ4v) is 7.25. The predicted molar refractivity (Wildman–Crippen MR) is 98.4 cm³/mol. The lowest BCUT2D eigenvalue weighted by Crippen LogP contribution is -2.23. The lowest BCUT2D eigenvalue weighted by Gasteiger charge is -2.28. The molecule has 1 N–H and O–H groups in total. The zero-order valence-electron chi connectivity index (χ0n) is 15.4. The summed E-state index contributed by atoms with van der Waals surface area (Å²) < 4.78 is 75.5. The van der Waals surface area contributed by atoms with Crippen molar-refractivity contribution in [2.75, 3.05) is 0 Å². The van der Waals surface area contributed by atoms with Crippen molar-refractivity contribution in [1.82, 2.24) is 0 Å². The molecule has 28 heavy (non-hydrogen) atoms. The van der Waals surface area contributed by atoms with Gasteiger partial charge in [0, 0.05) is 20.8 Å². The number of hydrogen-bond donors (Lipinski definition) is 1. The largest absolute Gasteiger partial charge is 0.419 e. The minimum atomic E-state index is -4.75. The normalized spacial score (nSPS) is 21.3. The van der Waals surface area contributed by atoms with Crippen LogP contribution in [0.2, 0.25) is 18.1 Å². The van der Waals surface area contributed by atoms with Gasteiger partial charge in [-0.05, 0) is 30.5 Å². The maximum atomic E-state index is 13.5. The minimum Gasteiger partial charge on any atom is -0.380 e. The molecular formula is C20H24F6OSi. The third-order valence-corrected chi connectivity index (χ3v) is 8.74. The summed E-state index contributed by atoms with van der Waals surface area (Å²) in [5.41, 5.74) is -1.26. The molecule has 156 valence electrons. The van der Waals surface area contributed by atoms with Crippen LogP contribution < -0.4 is 0 Å². The zero-order chi connectivity index (χ0) is 20.7. The Kier molecular flexibility index (Phi) is 8.44. The Morgan fingerprint density at radius 2 is 1.86 bits per heavy atom. The second-order valence-corrected chi connectivity index (χ2v) is 10.9. The molecule has 1 aromatic carbocycles. The molecule has 0 radical (unpaired) electrons. The van der Waals surface area contributed by atoms with Gasteiger partial charge in [0.25, 0.3) is 0 Å².